The van der Waals surface area contributed by atoms with Crippen LogP contribution in [0.4, 0.5) is 0 Å². The van der Waals surface area contributed by atoms with Gasteiger partial charge in [0.15, 0.2) is 5.69 Å². The lowest BCUT2D eigenvalue weighted by atomic mass is 10.2. The average molecular weight is 195 g/mol. The smallest absolute Gasteiger partial charge is 0.271 e. The minimum Gasteiger partial charge on any atom is -0.348 e. The molecule has 0 aromatic carbocycles. The van der Waals surface area contributed by atoms with Crippen molar-refractivity contribution in [3.63, 3.8) is 0 Å². The van der Waals surface area contributed by atoms with Crippen LogP contribution in [0.1, 0.15) is 38.4 Å². The Morgan fingerprint density at radius 2 is 2.21 bits per heavy atom. The molecule has 14 heavy (non-hydrogen) atoms. The first-order valence-corrected chi connectivity index (χ1v) is 4.77. The van der Waals surface area contributed by atoms with Gasteiger partial charge in [0, 0.05) is 7.47 Å². The van der Waals surface area contributed by atoms with Crippen LogP contribution in [0.2, 0.25) is 0 Å². The Morgan fingerprint density at radius 3 is 2.64 bits per heavy atom. The van der Waals surface area contributed by atoms with Crippen LogP contribution in [0.5, 0.6) is 0 Å². The molecule has 0 aliphatic rings. The molecule has 1 N–H and O–H groups in total. The summed E-state index contributed by atoms with van der Waals surface area (Å²) >= 11 is 0. The Labute approximate surface area is 85.2 Å². The van der Waals surface area contributed by atoms with E-state index in [2.05, 4.69) is 15.5 Å². The van der Waals surface area contributed by atoms with E-state index in [1.165, 1.54) is 0 Å². The van der Waals surface area contributed by atoms with Crippen molar-refractivity contribution in [2.75, 3.05) is 0 Å². The van der Waals surface area contributed by atoms with Gasteiger partial charge in [0.05, 0.1) is 5.69 Å². The number of carbonyl (C=O) groups excluding carboxylic acids is 1. The second-order valence-corrected chi connectivity index (χ2v) is 3.39. The van der Waals surface area contributed by atoms with Crippen molar-refractivity contribution in [2.45, 2.75) is 33.2 Å². The van der Waals surface area contributed by atoms with Crippen molar-refractivity contribution in [1.29, 1.82) is 0 Å². The predicted molar refractivity (Wildman–Crippen MR) is 56.1 cm³/mol. The first-order valence-electron chi connectivity index (χ1n) is 4.77. The van der Waals surface area contributed by atoms with Crippen LogP contribution in [0.15, 0.2) is 12.1 Å². The van der Waals surface area contributed by atoms with Crippen molar-refractivity contribution < 1.29 is 6.22 Å². The van der Waals surface area contributed by atoms with Crippen molar-refractivity contribution in [1.82, 2.24) is 15.5 Å². The lowest BCUT2D eigenvalue weighted by Gasteiger charge is -2.06. The van der Waals surface area contributed by atoms with Gasteiger partial charge in [-0.05, 0) is 32.4 Å². The Hall–Kier alpha value is -1.45. The summed E-state index contributed by atoms with van der Waals surface area (Å²) in [6.07, 6.45) is 0.832. The van der Waals surface area contributed by atoms with E-state index < -0.39 is 0 Å². The first kappa shape index (κ1) is 10.6. The van der Waals surface area contributed by atoms with Gasteiger partial charge in [-0.25, -0.2) is 0 Å². The normalized spacial score (nSPS) is 10.3. The fraction of sp³-hybridized carbons (Fsp3) is 0.500. The van der Waals surface area contributed by atoms with Gasteiger partial charge in [-0.3, -0.25) is 4.79 Å². The van der Waals surface area contributed by atoms with Gasteiger partial charge in [-0.2, -0.15) is 5.10 Å². The number of amides is 1. The fourth-order valence-electron chi connectivity index (χ4n) is 1.01. The molecule has 4 nitrogen and oxygen atoms in total. The Morgan fingerprint density at radius 1 is 1.50 bits per heavy atom. The summed E-state index contributed by atoms with van der Waals surface area (Å²) in [6, 6.07) is 3.64. The van der Waals surface area contributed by atoms with Crippen molar-refractivity contribution >= 4 is 5.91 Å². The molecule has 0 aliphatic carbocycles. The molecule has 4 heteroatoms. The van der Waals surface area contributed by atoms with E-state index in [9.17, 15) is 4.79 Å². The summed E-state index contributed by atoms with van der Waals surface area (Å²) < 4.78 is 0. The maximum Gasteiger partial charge on any atom is 0.271 e. The predicted octanol–water partition coefficient (Wildman–Crippen LogP) is 1.42. The maximum absolute atomic E-state index is 11.4. The number of rotatable bonds is 3. The number of hydrogen-bond acceptors (Lipinski definition) is 3. The molecule has 0 aliphatic heterocycles. The molecular formula is C10H17N3O. The van der Waals surface area contributed by atoms with E-state index in [4.69, 9.17) is 0 Å². The third-order valence-electron chi connectivity index (χ3n) is 1.73. The zero-order valence-corrected chi connectivity index (χ0v) is 8.74. The third-order valence-corrected chi connectivity index (χ3v) is 1.73. The summed E-state index contributed by atoms with van der Waals surface area (Å²) in [6.45, 7) is 5.81. The zero-order chi connectivity index (χ0) is 10.6. The van der Waals surface area contributed by atoms with Gasteiger partial charge in [-0.1, -0.05) is 6.92 Å². The first-order chi connectivity index (χ1) is 6.63. The van der Waals surface area contributed by atoms with Crippen LogP contribution in [0.3, 0.4) is 0 Å². The topological polar surface area (TPSA) is 54.9 Å². The molecule has 1 rings (SSSR count). The van der Waals surface area contributed by atoms with E-state index in [1.807, 2.05) is 26.8 Å². The molecular weight excluding hydrogens is 178 g/mol. The van der Waals surface area contributed by atoms with Crippen LogP contribution in [-0.2, 0) is 6.42 Å². The molecule has 1 heterocycles. The number of nitrogens with zero attached hydrogens (tertiary/aromatic N) is 2. The summed E-state index contributed by atoms with van der Waals surface area (Å²) in [4.78, 5) is 11.4. The van der Waals surface area contributed by atoms with Gasteiger partial charge in [-0.15, -0.1) is 5.10 Å². The Bertz CT molecular complexity index is 311. The standard InChI is InChI=1S/C10H15N3O.H2/c1-4-8-5-6-9(13-12-8)10(14)11-7(2)3;/h5-7H,4H2,1-3H3,(H,11,14);1H. The monoisotopic (exact) mass is 195 g/mol. The molecule has 1 aromatic heterocycles. The van der Waals surface area contributed by atoms with Crippen LogP contribution in [0, 0.1) is 0 Å². The van der Waals surface area contributed by atoms with Gasteiger partial charge in [0.1, 0.15) is 0 Å². The van der Waals surface area contributed by atoms with Gasteiger partial charge < -0.3 is 5.32 Å². The van der Waals surface area contributed by atoms with Crippen LogP contribution < -0.4 is 5.32 Å². The quantitative estimate of drug-likeness (QED) is 0.793. The number of carbonyl (C=O) groups is 1. The minimum absolute atomic E-state index is 0. The van der Waals surface area contributed by atoms with Crippen LogP contribution >= 0.6 is 0 Å². The van der Waals surface area contributed by atoms with Crippen molar-refractivity contribution in [3.8, 4) is 0 Å². The number of nitrogens with one attached hydrogen (secondary N) is 1. The molecule has 78 valence electrons. The molecule has 0 atom stereocenters. The van der Waals surface area contributed by atoms with Crippen LogP contribution in [0.25, 0.3) is 0 Å². The molecule has 0 saturated carbocycles. The maximum atomic E-state index is 11.4. The molecule has 0 fully saturated rings. The molecule has 0 bridgehead atoms. The summed E-state index contributed by atoms with van der Waals surface area (Å²) in [7, 11) is 0. The largest absolute Gasteiger partial charge is 0.348 e. The minimum atomic E-state index is -0.171. The van der Waals surface area contributed by atoms with Crippen molar-refractivity contribution in [2.24, 2.45) is 0 Å². The number of hydrogen-bond donors (Lipinski definition) is 1. The van der Waals surface area contributed by atoms with E-state index >= 15 is 0 Å². The number of aryl methyl sites for hydroxylation is 1. The molecule has 1 aromatic rings. The summed E-state index contributed by atoms with van der Waals surface area (Å²) in [5.41, 5.74) is 1.27. The lowest BCUT2D eigenvalue weighted by Crippen LogP contribution is -2.30. The van der Waals surface area contributed by atoms with Gasteiger partial charge >= 0.3 is 0 Å². The second-order valence-electron chi connectivity index (χ2n) is 3.39. The Kier molecular flexibility index (Phi) is 3.56. The van der Waals surface area contributed by atoms with Crippen LogP contribution in [-0.4, -0.2) is 22.1 Å². The second kappa shape index (κ2) is 4.69. The average Bonchev–Trinajstić information content (AvgIpc) is 2.17. The third kappa shape index (κ3) is 2.80. The van der Waals surface area contributed by atoms with E-state index in [-0.39, 0.29) is 13.4 Å². The highest BCUT2D eigenvalue weighted by molar-refractivity contribution is 5.92. The molecule has 0 spiro atoms. The molecule has 0 saturated heterocycles. The van der Waals surface area contributed by atoms with Gasteiger partial charge in [0.2, 0.25) is 0 Å². The zero-order valence-electron chi connectivity index (χ0n) is 8.74. The highest BCUT2D eigenvalue weighted by Gasteiger charge is 2.08. The van der Waals surface area contributed by atoms with Crippen molar-refractivity contribution in [3.05, 3.63) is 23.5 Å². The highest BCUT2D eigenvalue weighted by Crippen LogP contribution is 1.97. The van der Waals surface area contributed by atoms with E-state index in [0.29, 0.717) is 5.69 Å². The number of aromatic nitrogens is 2. The van der Waals surface area contributed by atoms with Gasteiger partial charge in [0.25, 0.3) is 5.91 Å². The highest BCUT2D eigenvalue weighted by atomic mass is 16.1. The van der Waals surface area contributed by atoms with E-state index in [1.54, 1.807) is 6.07 Å². The summed E-state index contributed by atoms with van der Waals surface area (Å²) in [5.74, 6) is -0.171. The molecule has 1 amide bonds. The molecule has 0 unspecified atom stereocenters. The molecule has 0 radical (unpaired) electrons. The summed E-state index contributed by atoms with van der Waals surface area (Å²) in [5, 5.41) is 10.5. The SMILES string of the molecule is CCc1ccc(C(=O)NC(C)C)nn1.[HH]. The fourth-order valence-corrected chi connectivity index (χ4v) is 1.01. The lowest BCUT2D eigenvalue weighted by molar-refractivity contribution is 0.0937. The van der Waals surface area contributed by atoms with E-state index in [0.717, 1.165) is 12.1 Å². The Balaban J connectivity index is 0.00000196.